The van der Waals surface area contributed by atoms with Gasteiger partial charge >= 0.3 is 0 Å². The molecule has 0 bridgehead atoms. The molecule has 1 aromatic carbocycles. The van der Waals surface area contributed by atoms with E-state index in [2.05, 4.69) is 34.6 Å². The molecule has 1 aromatic rings. The summed E-state index contributed by atoms with van der Waals surface area (Å²) in [5, 5.41) is 9.82. The number of aromatic hydroxyl groups is 1. The number of aryl methyl sites for hydroxylation is 2. The second-order valence-corrected chi connectivity index (χ2v) is 10.7. The number of fused-ring (bicyclic) bond motifs is 1. The van der Waals surface area contributed by atoms with Gasteiger partial charge in [0, 0.05) is 0 Å². The molecule has 0 saturated carbocycles. The highest BCUT2D eigenvalue weighted by Crippen LogP contribution is 2.40. The molecule has 0 spiro atoms. The molecule has 1 heterocycles. The lowest BCUT2D eigenvalue weighted by Gasteiger charge is -2.37. The lowest BCUT2D eigenvalue weighted by Crippen LogP contribution is -2.36. The van der Waals surface area contributed by atoms with Crippen LogP contribution in [-0.4, -0.2) is 10.7 Å². The van der Waals surface area contributed by atoms with Crippen molar-refractivity contribution in [3.05, 3.63) is 23.3 Å². The molecule has 0 amide bonds. The number of hydrogen-bond acceptors (Lipinski definition) is 2. The van der Waals surface area contributed by atoms with Gasteiger partial charge in [-0.05, 0) is 80.5 Å². The number of hydrogen-bond donors (Lipinski definition) is 1. The first-order valence-electron chi connectivity index (χ1n) is 12.2. The molecule has 166 valence electrons. The molecule has 0 fully saturated rings. The van der Waals surface area contributed by atoms with Gasteiger partial charge in [0.2, 0.25) is 0 Å². The van der Waals surface area contributed by atoms with E-state index < -0.39 is 0 Å². The van der Waals surface area contributed by atoms with Crippen molar-refractivity contribution in [3.63, 3.8) is 0 Å². The van der Waals surface area contributed by atoms with E-state index in [1.807, 2.05) is 19.1 Å². The van der Waals surface area contributed by atoms with Gasteiger partial charge in [0.1, 0.15) is 17.1 Å². The van der Waals surface area contributed by atoms with Crippen molar-refractivity contribution in [1.82, 2.24) is 0 Å². The van der Waals surface area contributed by atoms with Crippen molar-refractivity contribution in [2.75, 3.05) is 0 Å². The van der Waals surface area contributed by atoms with Crippen LogP contribution in [0.5, 0.6) is 11.5 Å². The minimum atomic E-state index is -0.0562. The molecule has 3 atom stereocenters. The summed E-state index contributed by atoms with van der Waals surface area (Å²) in [5.41, 5.74) is 2.16. The van der Waals surface area contributed by atoms with Gasteiger partial charge in [-0.25, -0.2) is 0 Å². The largest absolute Gasteiger partial charge is 0.508 e. The van der Waals surface area contributed by atoms with Crippen molar-refractivity contribution >= 4 is 0 Å². The highest BCUT2D eigenvalue weighted by atomic mass is 16.5. The van der Waals surface area contributed by atoms with Gasteiger partial charge in [-0.3, -0.25) is 0 Å². The van der Waals surface area contributed by atoms with Crippen molar-refractivity contribution in [1.29, 1.82) is 0 Å². The van der Waals surface area contributed by atoms with Gasteiger partial charge in [-0.1, -0.05) is 72.6 Å². The Hall–Kier alpha value is -1.18. The normalized spacial score (nSPS) is 20.9. The smallest absolute Gasteiger partial charge is 0.126 e. The molecule has 2 heteroatoms. The molecule has 0 radical (unpaired) electrons. The quantitative estimate of drug-likeness (QED) is 0.381. The molecule has 2 nitrogen and oxygen atoms in total. The average molecular weight is 403 g/mol. The zero-order chi connectivity index (χ0) is 21.4. The van der Waals surface area contributed by atoms with E-state index in [1.54, 1.807) is 0 Å². The van der Waals surface area contributed by atoms with Crippen molar-refractivity contribution in [2.24, 2.45) is 17.8 Å². The van der Waals surface area contributed by atoms with Crippen LogP contribution in [0.1, 0.15) is 110 Å². The van der Waals surface area contributed by atoms with Crippen molar-refractivity contribution in [2.45, 2.75) is 118 Å². The van der Waals surface area contributed by atoms with Gasteiger partial charge in [0.15, 0.2) is 0 Å². The molecule has 0 saturated heterocycles. The van der Waals surface area contributed by atoms with Gasteiger partial charge in [-0.2, -0.15) is 0 Å². The third-order valence-electron chi connectivity index (χ3n) is 6.88. The maximum Gasteiger partial charge on any atom is 0.126 e. The van der Waals surface area contributed by atoms with Crippen molar-refractivity contribution < 1.29 is 9.84 Å². The van der Waals surface area contributed by atoms with Gasteiger partial charge in [0.05, 0.1) is 0 Å². The van der Waals surface area contributed by atoms with Crippen LogP contribution in [0.25, 0.3) is 0 Å². The topological polar surface area (TPSA) is 29.5 Å². The molecule has 29 heavy (non-hydrogen) atoms. The summed E-state index contributed by atoms with van der Waals surface area (Å²) < 4.78 is 6.44. The zero-order valence-corrected chi connectivity index (χ0v) is 20.0. The third-order valence-corrected chi connectivity index (χ3v) is 6.88. The Morgan fingerprint density at radius 1 is 0.931 bits per heavy atom. The molecule has 2 rings (SSSR count). The summed E-state index contributed by atoms with van der Waals surface area (Å²) in [6, 6.07) is 3.68. The van der Waals surface area contributed by atoms with Crippen LogP contribution in [0, 0.1) is 24.7 Å². The van der Waals surface area contributed by atoms with Crippen LogP contribution >= 0.6 is 0 Å². The maximum absolute atomic E-state index is 9.82. The minimum absolute atomic E-state index is 0.0562. The SMILES string of the molecule is Cc1cc(O)cc2c1OC(C)(CCC[C@H](C)CCC[C@H](C)CCCC(C)C)CC2. The molecular weight excluding hydrogens is 356 g/mol. The van der Waals surface area contributed by atoms with Crippen molar-refractivity contribution in [3.8, 4) is 11.5 Å². The predicted octanol–water partition coefficient (Wildman–Crippen LogP) is 8.22. The van der Waals surface area contributed by atoms with E-state index in [4.69, 9.17) is 4.74 Å². The minimum Gasteiger partial charge on any atom is -0.508 e. The molecule has 1 aliphatic heterocycles. The van der Waals surface area contributed by atoms with E-state index in [-0.39, 0.29) is 5.60 Å². The Kier molecular flexibility index (Phi) is 9.37. The third kappa shape index (κ3) is 8.22. The highest BCUT2D eigenvalue weighted by Gasteiger charge is 2.32. The second kappa shape index (κ2) is 11.3. The summed E-state index contributed by atoms with van der Waals surface area (Å²) in [4.78, 5) is 0. The average Bonchev–Trinajstić information content (AvgIpc) is 2.62. The molecule has 0 aliphatic carbocycles. The molecule has 1 unspecified atom stereocenters. The fraction of sp³-hybridized carbons (Fsp3) is 0.778. The van der Waals surface area contributed by atoms with Crippen LogP contribution in [0.3, 0.4) is 0 Å². The standard InChI is InChI=1S/C27H46O2/c1-20(2)10-7-11-21(3)12-8-13-22(4)14-9-16-27(6)17-15-24-19-25(28)18-23(5)26(24)29-27/h18-22,28H,7-17H2,1-6H3/t21-,22-,27?/m1/s1. The first-order valence-corrected chi connectivity index (χ1v) is 12.2. The molecule has 1 aliphatic rings. The van der Waals surface area contributed by atoms with Gasteiger partial charge in [-0.15, -0.1) is 0 Å². The van der Waals surface area contributed by atoms with Crippen LogP contribution in [-0.2, 0) is 6.42 Å². The Bertz CT molecular complexity index is 621. The highest BCUT2D eigenvalue weighted by molar-refractivity contribution is 5.47. The Morgan fingerprint density at radius 2 is 1.52 bits per heavy atom. The number of rotatable bonds is 12. The molecule has 1 N–H and O–H groups in total. The van der Waals surface area contributed by atoms with Gasteiger partial charge < -0.3 is 9.84 Å². The first-order chi connectivity index (χ1) is 13.7. The number of phenolic OH excluding ortho intramolecular Hbond substituents is 1. The fourth-order valence-corrected chi connectivity index (χ4v) is 4.83. The summed E-state index contributed by atoms with van der Waals surface area (Å²) in [5.74, 6) is 3.92. The predicted molar refractivity (Wildman–Crippen MR) is 125 cm³/mol. The van der Waals surface area contributed by atoms with E-state index in [1.165, 1.54) is 51.4 Å². The number of ether oxygens (including phenoxy) is 1. The monoisotopic (exact) mass is 402 g/mol. The first kappa shape index (κ1) is 24.1. The van der Waals surface area contributed by atoms with Crippen LogP contribution in [0.15, 0.2) is 12.1 Å². The van der Waals surface area contributed by atoms with E-state index >= 15 is 0 Å². The van der Waals surface area contributed by atoms with E-state index in [0.717, 1.165) is 53.9 Å². The second-order valence-electron chi connectivity index (χ2n) is 10.7. The number of phenols is 1. The molecular formula is C27H46O2. The summed E-state index contributed by atoms with van der Waals surface area (Å²) in [7, 11) is 0. The van der Waals surface area contributed by atoms with E-state index in [0.29, 0.717) is 5.75 Å². The van der Waals surface area contributed by atoms with Gasteiger partial charge in [0.25, 0.3) is 0 Å². The molecule has 0 aromatic heterocycles. The van der Waals surface area contributed by atoms with Crippen LogP contribution < -0.4 is 4.74 Å². The summed E-state index contributed by atoms with van der Waals surface area (Å²) >= 11 is 0. The lowest BCUT2D eigenvalue weighted by atomic mass is 9.85. The summed E-state index contributed by atoms with van der Waals surface area (Å²) in [6.45, 7) is 13.8. The number of benzene rings is 1. The van der Waals surface area contributed by atoms with E-state index in [9.17, 15) is 5.11 Å². The Balaban J connectivity index is 1.65. The maximum atomic E-state index is 9.82. The Labute approximate surface area is 180 Å². The van der Waals surface area contributed by atoms with Crippen LogP contribution in [0.4, 0.5) is 0 Å². The fourth-order valence-electron chi connectivity index (χ4n) is 4.83. The Morgan fingerprint density at radius 3 is 2.14 bits per heavy atom. The van der Waals surface area contributed by atoms with Crippen LogP contribution in [0.2, 0.25) is 0 Å². The lowest BCUT2D eigenvalue weighted by molar-refractivity contribution is 0.0515. The zero-order valence-electron chi connectivity index (χ0n) is 20.0. The summed E-state index contributed by atoms with van der Waals surface area (Å²) in [6.07, 6.45) is 14.1.